The summed E-state index contributed by atoms with van der Waals surface area (Å²) in [6.07, 6.45) is 0. The minimum absolute atomic E-state index is 0.289. The van der Waals surface area contributed by atoms with Gasteiger partial charge in [-0.25, -0.2) is 0 Å². The summed E-state index contributed by atoms with van der Waals surface area (Å²) < 4.78 is 0. The minimum Gasteiger partial charge on any atom is -0.310 e. The topological polar surface area (TPSA) is 3.24 Å². The smallest absolute Gasteiger partial charge is 0.0546 e. The third-order valence-corrected chi connectivity index (χ3v) is 10.9. The molecule has 1 aliphatic carbocycles. The monoisotopic (exact) mass is 623 g/mol. The number of hydrogen-bond acceptors (Lipinski definition) is 1. The average molecular weight is 624 g/mol. The van der Waals surface area contributed by atoms with Crippen molar-refractivity contribution in [1.29, 1.82) is 0 Å². The summed E-state index contributed by atoms with van der Waals surface area (Å²) in [6, 6.07) is 67.2. The second-order valence-corrected chi connectivity index (χ2v) is 13.5. The molecular weight excluding hydrogens is 591 g/mol. The van der Waals surface area contributed by atoms with Crippen LogP contribution < -0.4 is 4.90 Å². The summed E-state index contributed by atoms with van der Waals surface area (Å²) >= 11 is 0. The van der Waals surface area contributed by atoms with Crippen molar-refractivity contribution in [3.63, 3.8) is 0 Å². The first kappa shape index (κ1) is 27.9. The molecule has 1 heteroatoms. The number of nitrogens with zero attached hydrogens (tertiary/aromatic N) is 1. The van der Waals surface area contributed by atoms with Crippen LogP contribution in [0.1, 0.15) is 23.6 Å². The summed E-state index contributed by atoms with van der Waals surface area (Å²) in [7, 11) is 0. The van der Waals surface area contributed by atoms with Crippen molar-refractivity contribution in [1.82, 2.24) is 0 Å². The molecule has 1 atom stereocenters. The van der Waals surface area contributed by atoms with Crippen LogP contribution in [0.25, 0.3) is 54.2 Å². The molecule has 1 nitrogen and oxygen atoms in total. The average Bonchev–Trinajstić information content (AvgIpc) is 3.43. The van der Waals surface area contributed by atoms with Gasteiger partial charge in [0.25, 0.3) is 0 Å². The van der Waals surface area contributed by atoms with E-state index in [4.69, 9.17) is 0 Å². The highest BCUT2D eigenvalue weighted by atomic mass is 15.1. The lowest BCUT2D eigenvalue weighted by molar-refractivity contribution is 0.714. The molecule has 230 valence electrons. The molecule has 9 aromatic rings. The number of anilines is 3. The molecule has 0 saturated carbocycles. The molecule has 0 fully saturated rings. The van der Waals surface area contributed by atoms with E-state index in [1.807, 2.05) is 0 Å². The van der Waals surface area contributed by atoms with Crippen LogP contribution in [-0.4, -0.2) is 0 Å². The quantitative estimate of drug-likeness (QED) is 0.176. The van der Waals surface area contributed by atoms with Gasteiger partial charge in [-0.05, 0) is 103 Å². The van der Waals surface area contributed by atoms with Gasteiger partial charge in [-0.3, -0.25) is 0 Å². The van der Waals surface area contributed by atoms with Crippen LogP contribution in [-0.2, 0) is 5.41 Å². The predicted molar refractivity (Wildman–Crippen MR) is 209 cm³/mol. The number of benzene rings is 9. The van der Waals surface area contributed by atoms with Crippen molar-refractivity contribution in [2.75, 3.05) is 4.90 Å². The molecular formula is C48H33N. The fourth-order valence-corrected chi connectivity index (χ4v) is 8.49. The summed E-state index contributed by atoms with van der Waals surface area (Å²) in [6.45, 7) is 2.40. The zero-order valence-corrected chi connectivity index (χ0v) is 27.3. The first-order chi connectivity index (χ1) is 24.2. The summed E-state index contributed by atoms with van der Waals surface area (Å²) in [5.41, 5.74) is 9.78. The molecule has 49 heavy (non-hydrogen) atoms. The van der Waals surface area contributed by atoms with Crippen LogP contribution in [0.3, 0.4) is 0 Å². The molecule has 0 spiro atoms. The van der Waals surface area contributed by atoms with E-state index in [0.29, 0.717) is 0 Å². The van der Waals surface area contributed by atoms with Crippen LogP contribution >= 0.6 is 0 Å². The van der Waals surface area contributed by atoms with E-state index in [0.717, 1.165) is 11.4 Å². The molecule has 0 aromatic heterocycles. The van der Waals surface area contributed by atoms with Crippen molar-refractivity contribution in [3.8, 4) is 11.1 Å². The van der Waals surface area contributed by atoms with E-state index in [2.05, 4.69) is 194 Å². The highest BCUT2D eigenvalue weighted by Crippen LogP contribution is 2.54. The standard InChI is InChI=1S/C48H33N/c1-48(36-15-3-2-4-16-36)44-20-10-9-19-42(44)43-29-27-38(31-45(43)48)49(37-26-28-40-35(30-37)25-23-32-12-5-7-17-39(32)40)46-21-11-14-34-24-22-33-13-6-8-18-41(33)47(34)46/h2-31H,1H3. The lowest BCUT2D eigenvalue weighted by Gasteiger charge is -2.31. The molecule has 1 aliphatic rings. The second kappa shape index (κ2) is 10.7. The first-order valence-corrected chi connectivity index (χ1v) is 17.1. The molecule has 0 amide bonds. The molecule has 0 aliphatic heterocycles. The normalized spacial score (nSPS) is 15.1. The van der Waals surface area contributed by atoms with E-state index in [1.54, 1.807) is 0 Å². The fraction of sp³-hybridized carbons (Fsp3) is 0.0417. The highest BCUT2D eigenvalue weighted by molar-refractivity contribution is 6.16. The molecule has 0 heterocycles. The molecule has 10 rings (SSSR count). The lowest BCUT2D eigenvalue weighted by atomic mass is 9.74. The Morgan fingerprint density at radius 3 is 1.84 bits per heavy atom. The van der Waals surface area contributed by atoms with E-state index in [9.17, 15) is 0 Å². The third-order valence-electron chi connectivity index (χ3n) is 10.9. The Morgan fingerprint density at radius 1 is 0.388 bits per heavy atom. The third kappa shape index (κ3) is 4.12. The fourth-order valence-electron chi connectivity index (χ4n) is 8.49. The van der Waals surface area contributed by atoms with Gasteiger partial charge in [0, 0.05) is 22.2 Å². The number of fused-ring (bicyclic) bond motifs is 9. The van der Waals surface area contributed by atoms with Gasteiger partial charge in [0.1, 0.15) is 0 Å². The Bertz CT molecular complexity index is 2740. The molecule has 0 N–H and O–H groups in total. The van der Waals surface area contributed by atoms with Gasteiger partial charge >= 0.3 is 0 Å². The van der Waals surface area contributed by atoms with Crippen molar-refractivity contribution in [2.24, 2.45) is 0 Å². The minimum atomic E-state index is -0.289. The van der Waals surface area contributed by atoms with Gasteiger partial charge in [0.15, 0.2) is 0 Å². The predicted octanol–water partition coefficient (Wildman–Crippen LogP) is 13.1. The molecule has 0 saturated heterocycles. The SMILES string of the molecule is CC1(c2ccccc2)c2ccccc2-c2ccc(N(c3ccc4c(ccc5ccccc54)c3)c3cccc4ccc5ccccc5c34)cc21. The van der Waals surface area contributed by atoms with Crippen molar-refractivity contribution in [3.05, 3.63) is 199 Å². The molecule has 9 aromatic carbocycles. The Kier molecular flexibility index (Phi) is 6.07. The van der Waals surface area contributed by atoms with E-state index >= 15 is 0 Å². The summed E-state index contributed by atoms with van der Waals surface area (Å²) in [5.74, 6) is 0. The van der Waals surface area contributed by atoms with Gasteiger partial charge in [-0.15, -0.1) is 0 Å². The van der Waals surface area contributed by atoms with Crippen LogP contribution in [0.15, 0.2) is 182 Å². The Balaban J connectivity index is 1.27. The van der Waals surface area contributed by atoms with E-state index in [1.165, 1.54) is 76.6 Å². The molecule has 0 bridgehead atoms. The van der Waals surface area contributed by atoms with Crippen molar-refractivity contribution < 1.29 is 0 Å². The lowest BCUT2D eigenvalue weighted by Crippen LogP contribution is -2.22. The zero-order chi connectivity index (χ0) is 32.5. The molecule has 0 radical (unpaired) electrons. The maximum absolute atomic E-state index is 2.48. The largest absolute Gasteiger partial charge is 0.310 e. The number of hydrogen-bond donors (Lipinski definition) is 0. The van der Waals surface area contributed by atoms with Gasteiger partial charge in [-0.2, -0.15) is 0 Å². The van der Waals surface area contributed by atoms with Gasteiger partial charge in [0.2, 0.25) is 0 Å². The summed E-state index contributed by atoms with van der Waals surface area (Å²) in [4.78, 5) is 2.48. The van der Waals surface area contributed by atoms with Crippen LogP contribution in [0.4, 0.5) is 17.1 Å². The van der Waals surface area contributed by atoms with Crippen molar-refractivity contribution >= 4 is 60.2 Å². The Labute approximate surface area is 286 Å². The van der Waals surface area contributed by atoms with Gasteiger partial charge in [0.05, 0.1) is 5.69 Å². The zero-order valence-electron chi connectivity index (χ0n) is 27.3. The highest BCUT2D eigenvalue weighted by Gasteiger charge is 2.41. The maximum atomic E-state index is 2.48. The first-order valence-electron chi connectivity index (χ1n) is 17.1. The second-order valence-electron chi connectivity index (χ2n) is 13.5. The van der Waals surface area contributed by atoms with E-state index in [-0.39, 0.29) is 5.41 Å². The van der Waals surface area contributed by atoms with Gasteiger partial charge in [-0.1, -0.05) is 152 Å². The van der Waals surface area contributed by atoms with Gasteiger partial charge < -0.3 is 4.90 Å². The van der Waals surface area contributed by atoms with E-state index < -0.39 is 0 Å². The molecule has 1 unspecified atom stereocenters. The van der Waals surface area contributed by atoms with Crippen LogP contribution in [0.5, 0.6) is 0 Å². The Hall–Kier alpha value is -6.18. The Morgan fingerprint density at radius 2 is 0.980 bits per heavy atom. The maximum Gasteiger partial charge on any atom is 0.0546 e. The summed E-state index contributed by atoms with van der Waals surface area (Å²) in [5, 5.41) is 10.0. The van der Waals surface area contributed by atoms with Crippen LogP contribution in [0.2, 0.25) is 0 Å². The van der Waals surface area contributed by atoms with Crippen LogP contribution in [0, 0.1) is 0 Å². The number of rotatable bonds is 4. The van der Waals surface area contributed by atoms with Crippen molar-refractivity contribution in [2.45, 2.75) is 12.3 Å².